The summed E-state index contributed by atoms with van der Waals surface area (Å²) < 4.78 is 34.2. The van der Waals surface area contributed by atoms with Crippen LogP contribution in [0, 0.1) is 17.8 Å². The highest BCUT2D eigenvalue weighted by molar-refractivity contribution is 7.90. The largest absolute Gasteiger partial charge is 0.490 e. The van der Waals surface area contributed by atoms with E-state index in [9.17, 15) is 18.3 Å². The van der Waals surface area contributed by atoms with Gasteiger partial charge in [0.25, 0.3) is 5.91 Å². The third-order valence-corrected chi connectivity index (χ3v) is 10.9. The van der Waals surface area contributed by atoms with E-state index in [2.05, 4.69) is 21.8 Å². The molecule has 1 saturated carbocycles. The second kappa shape index (κ2) is 10.7. The van der Waals surface area contributed by atoms with Crippen LogP contribution in [0.4, 0.5) is 5.69 Å². The molecule has 9 heteroatoms. The van der Waals surface area contributed by atoms with Crippen LogP contribution in [0.15, 0.2) is 48.6 Å². The second-order valence-electron chi connectivity index (χ2n) is 12.2. The second-order valence-corrected chi connectivity index (χ2v) is 14.5. The minimum atomic E-state index is -3.82. The first kappa shape index (κ1) is 27.6. The monoisotopic (exact) mass is 584 g/mol. The molecule has 1 amide bonds. The van der Waals surface area contributed by atoms with Gasteiger partial charge in [0, 0.05) is 29.1 Å². The van der Waals surface area contributed by atoms with Crippen LogP contribution in [-0.4, -0.2) is 51.0 Å². The summed E-state index contributed by atoms with van der Waals surface area (Å²) in [6, 6.07) is 11.4. The Kier molecular flexibility index (Phi) is 7.38. The number of halogens is 1. The first-order valence-corrected chi connectivity index (χ1v) is 16.4. The Morgan fingerprint density at radius 3 is 2.77 bits per heavy atom. The van der Waals surface area contributed by atoms with Gasteiger partial charge in [-0.25, -0.2) is 13.1 Å². The van der Waals surface area contributed by atoms with Crippen molar-refractivity contribution in [1.82, 2.24) is 4.72 Å². The lowest BCUT2D eigenvalue weighted by atomic mass is 9.68. The molecule has 1 spiro atoms. The van der Waals surface area contributed by atoms with Crippen LogP contribution >= 0.6 is 11.6 Å². The van der Waals surface area contributed by atoms with Gasteiger partial charge in [-0.2, -0.15) is 0 Å². The molecule has 4 aliphatic rings. The molecule has 6 rings (SSSR count). The highest BCUT2D eigenvalue weighted by Gasteiger charge is 2.44. The molecule has 40 heavy (non-hydrogen) atoms. The fraction of sp³-hybridized carbons (Fsp3) is 0.516. The smallest absolute Gasteiger partial charge is 0.264 e. The number of aliphatic hydroxyl groups is 1. The molecule has 2 aromatic rings. The fourth-order valence-electron chi connectivity index (χ4n) is 6.94. The van der Waals surface area contributed by atoms with Gasteiger partial charge in [0.05, 0.1) is 24.2 Å². The van der Waals surface area contributed by atoms with Gasteiger partial charge in [0.15, 0.2) is 0 Å². The number of nitrogens with zero attached hydrogens (tertiary/aromatic N) is 1. The lowest BCUT2D eigenvalue weighted by Crippen LogP contribution is -2.49. The number of aryl methyl sites for hydroxylation is 1. The van der Waals surface area contributed by atoms with E-state index < -0.39 is 22.0 Å². The number of aliphatic hydroxyl groups excluding tert-OH is 1. The molecule has 214 valence electrons. The summed E-state index contributed by atoms with van der Waals surface area (Å²) in [5, 5.41) is 11.8. The number of nitrogens with one attached hydrogen (secondary N) is 1. The number of hydrogen-bond acceptors (Lipinski definition) is 6. The number of anilines is 1. The summed E-state index contributed by atoms with van der Waals surface area (Å²) in [5.74, 6) is 0.263. The van der Waals surface area contributed by atoms with Crippen molar-refractivity contribution in [3.05, 3.63) is 70.3 Å². The Balaban J connectivity index is 1.42. The number of sulfonamides is 1. The van der Waals surface area contributed by atoms with Gasteiger partial charge >= 0.3 is 0 Å². The molecule has 2 N–H and O–H groups in total. The van der Waals surface area contributed by atoms with Crippen LogP contribution in [0.25, 0.3) is 0 Å². The molecule has 1 fully saturated rings. The van der Waals surface area contributed by atoms with E-state index in [0.29, 0.717) is 25.3 Å². The Morgan fingerprint density at radius 1 is 1.12 bits per heavy atom. The van der Waals surface area contributed by atoms with E-state index >= 15 is 0 Å². The highest BCUT2D eigenvalue weighted by atomic mass is 35.5. The number of amides is 1. The van der Waals surface area contributed by atoms with Crippen molar-refractivity contribution in [1.29, 1.82) is 0 Å². The Labute approximate surface area is 241 Å². The van der Waals surface area contributed by atoms with E-state index in [-0.39, 0.29) is 34.5 Å². The molecule has 2 aromatic carbocycles. The predicted molar refractivity (Wildman–Crippen MR) is 157 cm³/mol. The van der Waals surface area contributed by atoms with Crippen molar-refractivity contribution >= 4 is 33.2 Å². The van der Waals surface area contributed by atoms with Crippen molar-refractivity contribution in [2.75, 3.05) is 30.3 Å². The topological polar surface area (TPSA) is 95.9 Å². The molecular weight excluding hydrogens is 548 g/mol. The predicted octanol–water partition coefficient (Wildman–Crippen LogP) is 4.86. The van der Waals surface area contributed by atoms with E-state index in [1.165, 1.54) is 11.1 Å². The maximum Gasteiger partial charge on any atom is 0.264 e. The lowest BCUT2D eigenvalue weighted by Gasteiger charge is -2.45. The number of carbonyl (C=O) groups is 1. The van der Waals surface area contributed by atoms with Crippen molar-refractivity contribution in [3.63, 3.8) is 0 Å². The maximum absolute atomic E-state index is 13.1. The minimum absolute atomic E-state index is 0.0406. The number of ether oxygens (including phenoxy) is 1. The fourth-order valence-corrected chi connectivity index (χ4v) is 8.32. The zero-order valence-corrected chi connectivity index (χ0v) is 24.4. The molecular formula is C31H37ClN2O5S. The number of carbonyl (C=O) groups excluding carboxylic acids is 1. The zero-order valence-electron chi connectivity index (χ0n) is 22.8. The summed E-state index contributed by atoms with van der Waals surface area (Å²) in [6.45, 7) is 3.85. The molecule has 0 unspecified atom stereocenters. The molecule has 0 radical (unpaired) electrons. The highest BCUT2D eigenvalue weighted by Crippen LogP contribution is 2.46. The Bertz CT molecular complexity index is 1440. The summed E-state index contributed by atoms with van der Waals surface area (Å²) in [6.07, 6.45) is 8.47. The van der Waals surface area contributed by atoms with E-state index in [4.69, 9.17) is 16.3 Å². The van der Waals surface area contributed by atoms with Crippen LogP contribution in [-0.2, 0) is 21.9 Å². The molecule has 2 heterocycles. The molecule has 0 saturated heterocycles. The SMILES string of the molecule is C[C@@H]1/C=C/[C@H](O)[C@@H]2CC[C@H]2CN2C[C@@]3(CCCc4cc(Cl)ccc43)COc3ccc(cc32)C(=O)NS(=O)(=O)CC1. The average Bonchev–Trinajstić information content (AvgIpc) is 3.05. The van der Waals surface area contributed by atoms with Gasteiger partial charge in [-0.15, -0.1) is 0 Å². The van der Waals surface area contributed by atoms with E-state index in [1.54, 1.807) is 18.2 Å². The molecule has 5 atom stereocenters. The number of benzene rings is 2. The Hall–Kier alpha value is -2.55. The summed E-state index contributed by atoms with van der Waals surface area (Å²) in [7, 11) is -3.82. The van der Waals surface area contributed by atoms with Gasteiger partial charge in [-0.3, -0.25) is 4.79 Å². The summed E-state index contributed by atoms with van der Waals surface area (Å²) in [4.78, 5) is 15.4. The van der Waals surface area contributed by atoms with Crippen LogP contribution in [0.5, 0.6) is 5.75 Å². The van der Waals surface area contributed by atoms with Crippen molar-refractivity contribution in [3.8, 4) is 5.75 Å². The lowest BCUT2D eigenvalue weighted by molar-refractivity contribution is 0.0454. The van der Waals surface area contributed by atoms with Crippen molar-refractivity contribution in [2.45, 2.75) is 57.0 Å². The third kappa shape index (κ3) is 5.38. The minimum Gasteiger partial charge on any atom is -0.490 e. The molecule has 7 nitrogen and oxygen atoms in total. The standard InChI is InChI=1S/C31H37ClN2O5S/c1-20-4-10-28(35)25-8-5-23(25)17-34-18-31(13-2-3-21-15-24(32)7-9-26(21)31)19-39-29-11-6-22(16-27(29)34)30(36)33-40(37,38)14-12-20/h4,6-7,9-11,15-16,20,23,25,28,35H,2-3,5,8,12-14,17-19H2,1H3,(H,33,36)/b10-4+/t20-,23+,25-,28+,31+/m1/s1. The third-order valence-electron chi connectivity index (χ3n) is 9.40. The van der Waals surface area contributed by atoms with E-state index in [0.717, 1.165) is 49.4 Å². The first-order valence-electron chi connectivity index (χ1n) is 14.3. The normalized spacial score (nSPS) is 32.5. The summed E-state index contributed by atoms with van der Waals surface area (Å²) in [5.41, 5.74) is 3.34. The Morgan fingerprint density at radius 2 is 1.98 bits per heavy atom. The van der Waals surface area contributed by atoms with Crippen LogP contribution in [0.3, 0.4) is 0 Å². The van der Waals surface area contributed by atoms with Gasteiger partial charge in [-0.05, 0) is 97.7 Å². The molecule has 2 bridgehead atoms. The number of fused-ring (bicyclic) bond motifs is 4. The van der Waals surface area contributed by atoms with Crippen molar-refractivity contribution in [2.24, 2.45) is 17.8 Å². The number of allylic oxidation sites excluding steroid dienone is 1. The van der Waals surface area contributed by atoms with Gasteiger partial charge < -0.3 is 14.7 Å². The van der Waals surface area contributed by atoms with E-state index in [1.807, 2.05) is 25.1 Å². The summed E-state index contributed by atoms with van der Waals surface area (Å²) >= 11 is 6.37. The van der Waals surface area contributed by atoms with Gasteiger partial charge in [0.2, 0.25) is 10.0 Å². The molecule has 2 aliphatic carbocycles. The van der Waals surface area contributed by atoms with Crippen LogP contribution in [0.1, 0.15) is 60.5 Å². The zero-order chi connectivity index (χ0) is 28.1. The van der Waals surface area contributed by atoms with Crippen LogP contribution < -0.4 is 14.4 Å². The quantitative estimate of drug-likeness (QED) is 0.430. The van der Waals surface area contributed by atoms with Crippen LogP contribution in [0.2, 0.25) is 5.02 Å². The maximum atomic E-state index is 13.1. The van der Waals surface area contributed by atoms with Gasteiger partial charge in [0.1, 0.15) is 5.75 Å². The van der Waals surface area contributed by atoms with Gasteiger partial charge in [-0.1, -0.05) is 36.7 Å². The average molecular weight is 585 g/mol. The van der Waals surface area contributed by atoms with Crippen molar-refractivity contribution < 1.29 is 23.1 Å². The molecule has 2 aliphatic heterocycles. The number of hydrogen-bond donors (Lipinski definition) is 2. The first-order chi connectivity index (χ1) is 19.1. The number of rotatable bonds is 0. The molecule has 0 aromatic heterocycles.